The molecule has 1 aliphatic carbocycles. The van der Waals surface area contributed by atoms with Crippen LogP contribution in [0.4, 0.5) is 23.7 Å². The third-order valence-corrected chi connectivity index (χ3v) is 5.03. The maximum absolute atomic E-state index is 12.7. The van der Waals surface area contributed by atoms with Gasteiger partial charge in [-0.2, -0.15) is 0 Å². The highest BCUT2D eigenvalue weighted by Crippen LogP contribution is 2.44. The van der Waals surface area contributed by atoms with Crippen LogP contribution in [0, 0.1) is 0 Å². The van der Waals surface area contributed by atoms with Crippen molar-refractivity contribution in [2.75, 3.05) is 11.9 Å². The third kappa shape index (κ3) is 4.36. The van der Waals surface area contributed by atoms with E-state index in [4.69, 9.17) is 9.84 Å². The van der Waals surface area contributed by atoms with Crippen molar-refractivity contribution in [1.29, 1.82) is 0 Å². The van der Waals surface area contributed by atoms with Gasteiger partial charge in [-0.05, 0) is 40.5 Å². The fourth-order valence-corrected chi connectivity index (χ4v) is 3.71. The molecule has 0 atom stereocenters. The largest absolute Gasteiger partial charge is 0.573 e. The minimum absolute atomic E-state index is 0.0392. The van der Waals surface area contributed by atoms with Crippen LogP contribution in [0.15, 0.2) is 66.7 Å². The van der Waals surface area contributed by atoms with Crippen molar-refractivity contribution >= 4 is 17.7 Å². The van der Waals surface area contributed by atoms with Crippen LogP contribution < -0.4 is 10.1 Å². The number of fused-ring (bicyclic) bond motifs is 3. The molecule has 3 aromatic rings. The van der Waals surface area contributed by atoms with Gasteiger partial charge in [0, 0.05) is 5.92 Å². The molecule has 2 N–H and O–H groups in total. The van der Waals surface area contributed by atoms with Crippen LogP contribution >= 0.6 is 0 Å². The number of amides is 1. The standard InChI is InChI=1S/C23H16F3NO5/c24-23(25,26)32-20-11-13(21(28)29)9-10-19(20)27-22(30)31-12-18-16-7-3-1-5-14(16)15-6-2-4-8-17(15)18/h1-11,18H,12H2,(H,27,30)(H,28,29). The predicted octanol–water partition coefficient (Wildman–Crippen LogP) is 5.64. The van der Waals surface area contributed by atoms with Crippen LogP contribution in [0.1, 0.15) is 27.4 Å². The molecule has 9 heteroatoms. The van der Waals surface area contributed by atoms with Crippen molar-refractivity contribution in [1.82, 2.24) is 0 Å². The van der Waals surface area contributed by atoms with Gasteiger partial charge in [0.2, 0.25) is 0 Å². The smallest absolute Gasteiger partial charge is 0.478 e. The number of anilines is 1. The number of carbonyl (C=O) groups is 2. The summed E-state index contributed by atoms with van der Waals surface area (Å²) < 4.78 is 47.3. The van der Waals surface area contributed by atoms with Crippen LogP contribution in [0.2, 0.25) is 0 Å². The van der Waals surface area contributed by atoms with Gasteiger partial charge >= 0.3 is 18.4 Å². The van der Waals surface area contributed by atoms with Gasteiger partial charge < -0.3 is 14.6 Å². The minimum Gasteiger partial charge on any atom is -0.478 e. The van der Waals surface area contributed by atoms with Crippen LogP contribution in [0.25, 0.3) is 11.1 Å². The number of nitrogens with one attached hydrogen (secondary N) is 1. The molecule has 1 aliphatic rings. The molecule has 0 radical (unpaired) electrons. The first-order chi connectivity index (χ1) is 15.2. The van der Waals surface area contributed by atoms with E-state index < -0.39 is 29.7 Å². The van der Waals surface area contributed by atoms with E-state index in [1.165, 1.54) is 0 Å². The molecule has 3 aromatic carbocycles. The topological polar surface area (TPSA) is 84.9 Å². The molecule has 6 nitrogen and oxygen atoms in total. The Morgan fingerprint density at radius 2 is 1.53 bits per heavy atom. The van der Waals surface area contributed by atoms with E-state index in [0.717, 1.165) is 34.4 Å². The van der Waals surface area contributed by atoms with E-state index >= 15 is 0 Å². The maximum Gasteiger partial charge on any atom is 0.573 e. The molecule has 0 unspecified atom stereocenters. The summed E-state index contributed by atoms with van der Waals surface area (Å²) in [4.78, 5) is 23.4. The first-order valence-corrected chi connectivity index (χ1v) is 9.48. The quantitative estimate of drug-likeness (QED) is 0.533. The Labute approximate surface area is 180 Å². The van der Waals surface area contributed by atoms with E-state index in [2.05, 4.69) is 10.1 Å². The van der Waals surface area contributed by atoms with Crippen LogP contribution in [0.5, 0.6) is 5.75 Å². The summed E-state index contributed by atoms with van der Waals surface area (Å²) in [5, 5.41) is 11.2. The van der Waals surface area contributed by atoms with Crippen molar-refractivity contribution in [3.8, 4) is 16.9 Å². The summed E-state index contributed by atoms with van der Waals surface area (Å²) in [5.74, 6) is -2.52. The monoisotopic (exact) mass is 443 g/mol. The molecular formula is C23H16F3NO5. The van der Waals surface area contributed by atoms with Crippen LogP contribution in [0.3, 0.4) is 0 Å². The average molecular weight is 443 g/mol. The second kappa shape index (κ2) is 8.26. The number of carbonyl (C=O) groups excluding carboxylic acids is 1. The molecule has 0 aliphatic heterocycles. The van der Waals surface area contributed by atoms with E-state index in [1.54, 1.807) is 0 Å². The highest BCUT2D eigenvalue weighted by atomic mass is 19.4. The summed E-state index contributed by atoms with van der Waals surface area (Å²) in [7, 11) is 0. The lowest BCUT2D eigenvalue weighted by atomic mass is 9.98. The zero-order valence-electron chi connectivity index (χ0n) is 16.3. The van der Waals surface area contributed by atoms with Gasteiger partial charge in [-0.1, -0.05) is 48.5 Å². The molecule has 164 valence electrons. The second-order valence-corrected chi connectivity index (χ2v) is 7.01. The van der Waals surface area contributed by atoms with Gasteiger partial charge in [-0.25, -0.2) is 9.59 Å². The first kappa shape index (κ1) is 21.2. The summed E-state index contributed by atoms with van der Waals surface area (Å²) in [5.41, 5.74) is 3.22. The van der Waals surface area contributed by atoms with Crippen molar-refractivity contribution in [3.05, 3.63) is 83.4 Å². The molecule has 0 heterocycles. The Hall–Kier alpha value is -4.01. The van der Waals surface area contributed by atoms with Crippen LogP contribution in [-0.2, 0) is 4.74 Å². The molecule has 0 saturated carbocycles. The lowest BCUT2D eigenvalue weighted by molar-refractivity contribution is -0.274. The molecule has 0 saturated heterocycles. The zero-order valence-corrected chi connectivity index (χ0v) is 16.3. The number of carboxylic acid groups (broad SMARTS) is 1. The van der Waals surface area contributed by atoms with Gasteiger partial charge in [-0.15, -0.1) is 13.2 Å². The summed E-state index contributed by atoms with van der Waals surface area (Å²) in [6.07, 6.45) is -6.07. The highest BCUT2D eigenvalue weighted by Gasteiger charge is 2.33. The summed E-state index contributed by atoms with van der Waals surface area (Å²) in [6.45, 7) is -0.0392. The maximum atomic E-state index is 12.7. The SMILES string of the molecule is O=C(Nc1ccc(C(=O)O)cc1OC(F)(F)F)OCC1c2ccccc2-c2ccccc21. The number of alkyl halides is 3. The van der Waals surface area contributed by atoms with Crippen molar-refractivity contribution < 1.29 is 37.3 Å². The number of halogens is 3. The van der Waals surface area contributed by atoms with Crippen molar-refractivity contribution in [2.24, 2.45) is 0 Å². The number of benzene rings is 3. The van der Waals surface area contributed by atoms with Crippen LogP contribution in [-0.4, -0.2) is 30.1 Å². The number of hydrogen-bond donors (Lipinski definition) is 2. The summed E-state index contributed by atoms with van der Waals surface area (Å²) in [6, 6.07) is 18.1. The molecule has 0 fully saturated rings. The molecule has 0 bridgehead atoms. The number of aromatic carboxylic acids is 1. The van der Waals surface area contributed by atoms with Gasteiger partial charge in [0.25, 0.3) is 0 Å². The predicted molar refractivity (Wildman–Crippen MR) is 109 cm³/mol. The number of hydrogen-bond acceptors (Lipinski definition) is 4. The first-order valence-electron chi connectivity index (χ1n) is 9.48. The van der Waals surface area contributed by atoms with E-state index in [-0.39, 0.29) is 18.2 Å². The number of ether oxygens (including phenoxy) is 2. The molecule has 0 aromatic heterocycles. The van der Waals surface area contributed by atoms with E-state index in [1.807, 2.05) is 48.5 Å². The second-order valence-electron chi connectivity index (χ2n) is 7.01. The Morgan fingerprint density at radius 3 is 2.09 bits per heavy atom. The Bertz CT molecular complexity index is 1150. The molecule has 0 spiro atoms. The van der Waals surface area contributed by atoms with Gasteiger partial charge in [0.05, 0.1) is 11.3 Å². The van der Waals surface area contributed by atoms with Gasteiger partial charge in [0.15, 0.2) is 5.75 Å². The fraction of sp³-hybridized carbons (Fsp3) is 0.130. The van der Waals surface area contributed by atoms with Crippen molar-refractivity contribution in [3.63, 3.8) is 0 Å². The summed E-state index contributed by atoms with van der Waals surface area (Å²) >= 11 is 0. The van der Waals surface area contributed by atoms with E-state index in [9.17, 15) is 22.8 Å². The minimum atomic E-state index is -5.07. The highest BCUT2D eigenvalue weighted by molar-refractivity contribution is 5.92. The average Bonchev–Trinajstić information content (AvgIpc) is 3.06. The van der Waals surface area contributed by atoms with Crippen molar-refractivity contribution in [2.45, 2.75) is 12.3 Å². The Kier molecular flexibility index (Phi) is 5.48. The lowest BCUT2D eigenvalue weighted by Gasteiger charge is -2.17. The van der Waals surface area contributed by atoms with E-state index in [0.29, 0.717) is 6.07 Å². The lowest BCUT2D eigenvalue weighted by Crippen LogP contribution is -2.21. The number of carboxylic acids is 1. The fourth-order valence-electron chi connectivity index (χ4n) is 3.71. The number of rotatable bonds is 5. The molecule has 1 amide bonds. The zero-order chi connectivity index (χ0) is 22.9. The molecule has 4 rings (SSSR count). The normalized spacial score (nSPS) is 12.6. The Balaban J connectivity index is 1.51. The Morgan fingerprint density at radius 1 is 0.938 bits per heavy atom. The third-order valence-electron chi connectivity index (χ3n) is 5.03. The van der Waals surface area contributed by atoms with Gasteiger partial charge in [-0.3, -0.25) is 5.32 Å². The van der Waals surface area contributed by atoms with Gasteiger partial charge in [0.1, 0.15) is 6.61 Å². The molecular weight excluding hydrogens is 427 g/mol. The molecule has 32 heavy (non-hydrogen) atoms.